The third kappa shape index (κ3) is 3.33. The maximum atomic E-state index is 5.67. The molecular formula is C18H19NO. The summed E-state index contributed by atoms with van der Waals surface area (Å²) in [5.41, 5.74) is 3.03. The molecule has 2 nitrogen and oxygen atoms in total. The Morgan fingerprint density at radius 3 is 2.75 bits per heavy atom. The lowest BCUT2D eigenvalue weighted by atomic mass is 10.1. The smallest absolute Gasteiger partial charge is 0.124 e. The Kier molecular flexibility index (Phi) is 4.68. The lowest BCUT2D eigenvalue weighted by molar-refractivity contribution is 0.335. The van der Waals surface area contributed by atoms with Gasteiger partial charge in [0, 0.05) is 16.8 Å². The third-order valence-electron chi connectivity index (χ3n) is 3.10. The van der Waals surface area contributed by atoms with Crippen molar-refractivity contribution >= 4 is 5.69 Å². The fourth-order valence-electron chi connectivity index (χ4n) is 2.15. The summed E-state index contributed by atoms with van der Waals surface area (Å²) in [6.45, 7) is 4.77. The number of hydrogen-bond donors (Lipinski definition) is 1. The first kappa shape index (κ1) is 14.0. The van der Waals surface area contributed by atoms with Crippen molar-refractivity contribution < 1.29 is 4.74 Å². The number of benzene rings is 2. The summed E-state index contributed by atoms with van der Waals surface area (Å²) in [5, 5.41) is 3.46. The van der Waals surface area contributed by atoms with Crippen molar-refractivity contribution in [2.24, 2.45) is 0 Å². The van der Waals surface area contributed by atoms with Crippen LogP contribution < -0.4 is 10.1 Å². The number of hydrogen-bond acceptors (Lipinski definition) is 2. The second-order valence-corrected chi connectivity index (χ2v) is 4.56. The van der Waals surface area contributed by atoms with Crippen molar-refractivity contribution in [3.63, 3.8) is 0 Å². The highest BCUT2D eigenvalue weighted by Gasteiger charge is 2.10. The molecule has 0 aliphatic rings. The van der Waals surface area contributed by atoms with Crippen molar-refractivity contribution in [2.75, 3.05) is 11.9 Å². The maximum Gasteiger partial charge on any atom is 0.124 e. The molecule has 0 aliphatic heterocycles. The summed E-state index contributed by atoms with van der Waals surface area (Å²) in [6.07, 6.45) is 5.43. The van der Waals surface area contributed by atoms with Gasteiger partial charge in [0.15, 0.2) is 0 Å². The van der Waals surface area contributed by atoms with Crippen molar-refractivity contribution in [1.29, 1.82) is 0 Å². The van der Waals surface area contributed by atoms with E-state index in [2.05, 4.69) is 24.2 Å². The number of anilines is 1. The molecule has 0 aliphatic carbocycles. The van der Waals surface area contributed by atoms with Gasteiger partial charge in [0.05, 0.1) is 12.6 Å². The average molecular weight is 265 g/mol. The molecular weight excluding hydrogens is 246 g/mol. The Balaban J connectivity index is 2.19. The van der Waals surface area contributed by atoms with Crippen LogP contribution in [0.1, 0.15) is 31.0 Å². The molecule has 0 amide bonds. The predicted molar refractivity (Wildman–Crippen MR) is 84.0 cm³/mol. The molecule has 2 heteroatoms. The van der Waals surface area contributed by atoms with E-state index in [4.69, 9.17) is 11.2 Å². The fraction of sp³-hybridized carbons (Fsp3) is 0.222. The molecule has 1 atom stereocenters. The monoisotopic (exact) mass is 265 g/mol. The van der Waals surface area contributed by atoms with Crippen LogP contribution in [0, 0.1) is 12.3 Å². The summed E-state index contributed by atoms with van der Waals surface area (Å²) in [7, 11) is 0. The molecule has 1 unspecified atom stereocenters. The van der Waals surface area contributed by atoms with E-state index in [9.17, 15) is 0 Å². The van der Waals surface area contributed by atoms with Crippen LogP contribution in [0.25, 0.3) is 0 Å². The van der Waals surface area contributed by atoms with E-state index < -0.39 is 0 Å². The number of para-hydroxylation sites is 1. The Morgan fingerprint density at radius 1 is 1.20 bits per heavy atom. The van der Waals surface area contributed by atoms with Crippen molar-refractivity contribution in [2.45, 2.75) is 19.9 Å². The molecule has 0 radical (unpaired) electrons. The first-order valence-corrected chi connectivity index (χ1v) is 6.79. The molecule has 1 N–H and O–H groups in total. The average Bonchev–Trinajstić information content (AvgIpc) is 2.48. The van der Waals surface area contributed by atoms with E-state index in [1.54, 1.807) is 0 Å². The SMILES string of the molecule is C#Cc1cccc(NC(C)c2ccccc2OCC)c1. The summed E-state index contributed by atoms with van der Waals surface area (Å²) < 4.78 is 5.67. The van der Waals surface area contributed by atoms with Gasteiger partial charge in [-0.25, -0.2) is 0 Å². The number of rotatable bonds is 5. The van der Waals surface area contributed by atoms with Gasteiger partial charge in [-0.2, -0.15) is 0 Å². The van der Waals surface area contributed by atoms with Gasteiger partial charge in [-0.1, -0.05) is 30.2 Å². The Labute approximate surface area is 120 Å². The molecule has 0 fully saturated rings. The van der Waals surface area contributed by atoms with Gasteiger partial charge < -0.3 is 10.1 Å². The third-order valence-corrected chi connectivity index (χ3v) is 3.10. The molecule has 2 aromatic carbocycles. The predicted octanol–water partition coefficient (Wildman–Crippen LogP) is 4.24. The molecule has 0 heterocycles. The Morgan fingerprint density at radius 2 is 2.00 bits per heavy atom. The molecule has 0 saturated heterocycles. The van der Waals surface area contributed by atoms with Gasteiger partial charge in [0.1, 0.15) is 5.75 Å². The van der Waals surface area contributed by atoms with Gasteiger partial charge in [0.25, 0.3) is 0 Å². The minimum absolute atomic E-state index is 0.144. The van der Waals surface area contributed by atoms with Gasteiger partial charge >= 0.3 is 0 Å². The van der Waals surface area contributed by atoms with E-state index in [-0.39, 0.29) is 6.04 Å². The molecule has 0 aromatic heterocycles. The van der Waals surface area contributed by atoms with Crippen LogP contribution in [0.15, 0.2) is 48.5 Å². The fourth-order valence-corrected chi connectivity index (χ4v) is 2.15. The highest BCUT2D eigenvalue weighted by molar-refractivity contribution is 5.52. The molecule has 2 aromatic rings. The zero-order valence-corrected chi connectivity index (χ0v) is 11.9. The largest absolute Gasteiger partial charge is 0.494 e. The van der Waals surface area contributed by atoms with Gasteiger partial charge in [0.2, 0.25) is 0 Å². The van der Waals surface area contributed by atoms with Crippen LogP contribution in [0.4, 0.5) is 5.69 Å². The molecule has 0 bridgehead atoms. The minimum atomic E-state index is 0.144. The van der Waals surface area contributed by atoms with E-state index in [0.717, 1.165) is 22.6 Å². The lowest BCUT2D eigenvalue weighted by Gasteiger charge is -2.19. The van der Waals surface area contributed by atoms with E-state index in [0.29, 0.717) is 6.61 Å². The van der Waals surface area contributed by atoms with E-state index >= 15 is 0 Å². The van der Waals surface area contributed by atoms with Crippen LogP contribution in [0.2, 0.25) is 0 Å². The van der Waals surface area contributed by atoms with Crippen LogP contribution >= 0.6 is 0 Å². The molecule has 0 saturated carbocycles. The first-order chi connectivity index (χ1) is 9.74. The van der Waals surface area contributed by atoms with Crippen LogP contribution in [0.3, 0.4) is 0 Å². The highest BCUT2D eigenvalue weighted by Crippen LogP contribution is 2.27. The zero-order chi connectivity index (χ0) is 14.4. The molecule has 20 heavy (non-hydrogen) atoms. The normalized spacial score (nSPS) is 11.4. The van der Waals surface area contributed by atoms with Crippen molar-refractivity contribution in [3.05, 3.63) is 59.7 Å². The number of terminal acetylenes is 1. The molecule has 0 spiro atoms. The first-order valence-electron chi connectivity index (χ1n) is 6.79. The molecule has 2 rings (SSSR count). The maximum absolute atomic E-state index is 5.67. The van der Waals surface area contributed by atoms with Gasteiger partial charge in [-0.3, -0.25) is 0 Å². The van der Waals surface area contributed by atoms with Gasteiger partial charge in [-0.05, 0) is 38.1 Å². The van der Waals surface area contributed by atoms with Crippen molar-refractivity contribution in [3.8, 4) is 18.1 Å². The standard InChI is InChI=1S/C18H19NO/c1-4-15-9-8-10-16(13-15)19-14(3)17-11-6-7-12-18(17)20-5-2/h1,6-14,19H,5H2,2-3H3. The second-order valence-electron chi connectivity index (χ2n) is 4.56. The second kappa shape index (κ2) is 6.68. The highest BCUT2D eigenvalue weighted by atomic mass is 16.5. The topological polar surface area (TPSA) is 21.3 Å². The summed E-state index contributed by atoms with van der Waals surface area (Å²) in [6, 6.07) is 16.1. The van der Waals surface area contributed by atoms with Crippen LogP contribution in [0.5, 0.6) is 5.75 Å². The minimum Gasteiger partial charge on any atom is -0.494 e. The molecule has 102 valence electrons. The van der Waals surface area contributed by atoms with E-state index in [1.165, 1.54) is 0 Å². The van der Waals surface area contributed by atoms with E-state index in [1.807, 2.05) is 49.4 Å². The Hall–Kier alpha value is -2.40. The zero-order valence-electron chi connectivity index (χ0n) is 11.9. The number of nitrogens with one attached hydrogen (secondary N) is 1. The quantitative estimate of drug-likeness (QED) is 0.816. The summed E-state index contributed by atoms with van der Waals surface area (Å²) in [4.78, 5) is 0. The summed E-state index contributed by atoms with van der Waals surface area (Å²) >= 11 is 0. The lowest BCUT2D eigenvalue weighted by Crippen LogP contribution is -2.09. The Bertz CT molecular complexity index is 613. The number of ether oxygens (including phenoxy) is 1. The van der Waals surface area contributed by atoms with Crippen molar-refractivity contribution in [1.82, 2.24) is 0 Å². The summed E-state index contributed by atoms with van der Waals surface area (Å²) in [5.74, 6) is 3.57. The van der Waals surface area contributed by atoms with Crippen LogP contribution in [-0.4, -0.2) is 6.61 Å². The van der Waals surface area contributed by atoms with Gasteiger partial charge in [-0.15, -0.1) is 6.42 Å². The van der Waals surface area contributed by atoms with Crippen LogP contribution in [-0.2, 0) is 0 Å².